The molecule has 1 aliphatic heterocycles. The fourth-order valence-electron chi connectivity index (χ4n) is 2.49. The molecule has 0 radical (unpaired) electrons. The molecule has 0 spiro atoms. The van der Waals surface area contributed by atoms with Crippen molar-refractivity contribution in [3.8, 4) is 0 Å². The molecule has 2 aromatic carbocycles. The van der Waals surface area contributed by atoms with Gasteiger partial charge in [0.1, 0.15) is 0 Å². The van der Waals surface area contributed by atoms with Gasteiger partial charge >= 0.3 is 0 Å². The van der Waals surface area contributed by atoms with E-state index in [9.17, 15) is 0 Å². The molecule has 3 rings (SSSR count). The first-order valence-electron chi connectivity index (χ1n) is 6.94. The van der Waals surface area contributed by atoms with Crippen molar-refractivity contribution in [1.29, 1.82) is 0 Å². The van der Waals surface area contributed by atoms with E-state index in [1.54, 1.807) is 0 Å². The van der Waals surface area contributed by atoms with Gasteiger partial charge in [-0.25, -0.2) is 4.99 Å². The molecule has 0 aliphatic carbocycles. The topological polar surface area (TPSA) is 50.8 Å². The van der Waals surface area contributed by atoms with Gasteiger partial charge in [0.05, 0.1) is 19.8 Å². The Bertz CT molecular complexity index is 613. The molecule has 1 heterocycles. The number of hydrogen-bond donors (Lipinski definition) is 1. The lowest BCUT2D eigenvalue weighted by Crippen LogP contribution is -2.44. The zero-order chi connectivity index (χ0) is 13.8. The number of benzene rings is 2. The molecule has 4 nitrogen and oxygen atoms in total. The van der Waals surface area contributed by atoms with Crippen molar-refractivity contribution in [3.05, 3.63) is 48.0 Å². The van der Waals surface area contributed by atoms with Gasteiger partial charge in [-0.3, -0.25) is 0 Å². The predicted molar refractivity (Wildman–Crippen MR) is 81.7 cm³/mol. The standard InChI is InChI=1S/C16H19N3O/c17-16(19-8-10-20-11-9-19)18-12-14-6-3-5-13-4-1-2-7-15(13)14/h1-7H,8-12H2,(H2,17,18). The molecule has 0 atom stereocenters. The molecule has 0 aromatic heterocycles. The third kappa shape index (κ3) is 2.75. The van der Waals surface area contributed by atoms with E-state index in [1.165, 1.54) is 16.3 Å². The summed E-state index contributed by atoms with van der Waals surface area (Å²) in [5, 5.41) is 2.48. The maximum absolute atomic E-state index is 6.06. The normalized spacial score (nSPS) is 16.6. The first kappa shape index (κ1) is 12.9. The number of aliphatic imine (C=N–C) groups is 1. The first-order chi connectivity index (χ1) is 9.84. The molecule has 2 aromatic rings. The van der Waals surface area contributed by atoms with Crippen LogP contribution in [-0.4, -0.2) is 37.2 Å². The first-order valence-corrected chi connectivity index (χ1v) is 6.94. The van der Waals surface area contributed by atoms with Crippen molar-refractivity contribution < 1.29 is 4.74 Å². The summed E-state index contributed by atoms with van der Waals surface area (Å²) in [5.74, 6) is 0.612. The summed E-state index contributed by atoms with van der Waals surface area (Å²) in [7, 11) is 0. The van der Waals surface area contributed by atoms with Crippen LogP contribution in [-0.2, 0) is 11.3 Å². The van der Waals surface area contributed by atoms with Gasteiger partial charge in [0, 0.05) is 13.1 Å². The average molecular weight is 269 g/mol. The quantitative estimate of drug-likeness (QED) is 0.670. The van der Waals surface area contributed by atoms with E-state index in [-0.39, 0.29) is 0 Å². The van der Waals surface area contributed by atoms with Crippen molar-refractivity contribution in [3.63, 3.8) is 0 Å². The number of guanidine groups is 1. The van der Waals surface area contributed by atoms with Crippen LogP contribution in [0.1, 0.15) is 5.56 Å². The van der Waals surface area contributed by atoms with Crippen LogP contribution in [0.5, 0.6) is 0 Å². The van der Waals surface area contributed by atoms with Crippen LogP contribution in [0.3, 0.4) is 0 Å². The zero-order valence-corrected chi connectivity index (χ0v) is 11.5. The summed E-state index contributed by atoms with van der Waals surface area (Å²) in [6, 6.07) is 14.7. The van der Waals surface area contributed by atoms with Crippen LogP contribution in [0.2, 0.25) is 0 Å². The van der Waals surface area contributed by atoms with Crippen molar-refractivity contribution in [2.75, 3.05) is 26.3 Å². The second kappa shape index (κ2) is 5.92. The van der Waals surface area contributed by atoms with Gasteiger partial charge < -0.3 is 15.4 Å². The van der Waals surface area contributed by atoms with Gasteiger partial charge in [-0.15, -0.1) is 0 Å². The highest BCUT2D eigenvalue weighted by molar-refractivity contribution is 5.86. The number of nitrogens with two attached hydrogens (primary N) is 1. The van der Waals surface area contributed by atoms with Gasteiger partial charge in [0.2, 0.25) is 0 Å². The number of ether oxygens (including phenoxy) is 1. The minimum absolute atomic E-state index is 0.612. The minimum Gasteiger partial charge on any atom is -0.378 e. The molecule has 1 aliphatic rings. The fourth-order valence-corrected chi connectivity index (χ4v) is 2.49. The van der Waals surface area contributed by atoms with Crippen molar-refractivity contribution in [2.45, 2.75) is 6.54 Å². The van der Waals surface area contributed by atoms with Gasteiger partial charge in [0.25, 0.3) is 0 Å². The molecular formula is C16H19N3O. The largest absolute Gasteiger partial charge is 0.378 e. The minimum atomic E-state index is 0.612. The Balaban J connectivity index is 1.79. The number of morpholine rings is 1. The summed E-state index contributed by atoms with van der Waals surface area (Å²) < 4.78 is 5.32. The van der Waals surface area contributed by atoms with Gasteiger partial charge in [-0.1, -0.05) is 42.5 Å². The van der Waals surface area contributed by atoms with E-state index in [1.807, 2.05) is 0 Å². The molecule has 20 heavy (non-hydrogen) atoms. The molecule has 4 heteroatoms. The molecule has 1 fully saturated rings. The molecule has 2 N–H and O–H groups in total. The summed E-state index contributed by atoms with van der Waals surface area (Å²) in [4.78, 5) is 6.61. The Morgan fingerprint density at radius 2 is 1.85 bits per heavy atom. The lowest BCUT2D eigenvalue weighted by Gasteiger charge is -2.27. The Morgan fingerprint density at radius 3 is 2.70 bits per heavy atom. The molecular weight excluding hydrogens is 250 g/mol. The molecule has 0 amide bonds. The van der Waals surface area contributed by atoms with Crippen molar-refractivity contribution >= 4 is 16.7 Å². The van der Waals surface area contributed by atoms with Crippen LogP contribution in [0, 0.1) is 0 Å². The summed E-state index contributed by atoms with van der Waals surface area (Å²) in [6.45, 7) is 3.72. The lowest BCUT2D eigenvalue weighted by atomic mass is 10.1. The smallest absolute Gasteiger partial charge is 0.191 e. The van der Waals surface area contributed by atoms with Crippen LogP contribution in [0.15, 0.2) is 47.5 Å². The number of nitrogens with zero attached hydrogens (tertiary/aromatic N) is 2. The van der Waals surface area contributed by atoms with Gasteiger partial charge in [-0.05, 0) is 16.3 Å². The molecule has 0 bridgehead atoms. The highest BCUT2D eigenvalue weighted by Crippen LogP contribution is 2.19. The third-order valence-electron chi connectivity index (χ3n) is 3.63. The summed E-state index contributed by atoms with van der Waals surface area (Å²) in [5.41, 5.74) is 7.27. The molecule has 0 saturated carbocycles. The lowest BCUT2D eigenvalue weighted by molar-refractivity contribution is 0.0674. The van der Waals surface area contributed by atoms with E-state index in [2.05, 4.69) is 52.4 Å². The maximum atomic E-state index is 6.06. The van der Waals surface area contributed by atoms with E-state index >= 15 is 0 Å². The zero-order valence-electron chi connectivity index (χ0n) is 11.5. The Hall–Kier alpha value is -2.07. The van der Waals surface area contributed by atoms with Crippen LogP contribution < -0.4 is 5.73 Å². The van der Waals surface area contributed by atoms with Crippen LogP contribution in [0.25, 0.3) is 10.8 Å². The Kier molecular flexibility index (Phi) is 3.83. The summed E-state index contributed by atoms with van der Waals surface area (Å²) in [6.07, 6.45) is 0. The highest BCUT2D eigenvalue weighted by Gasteiger charge is 2.12. The van der Waals surface area contributed by atoms with E-state index in [0.29, 0.717) is 12.5 Å². The van der Waals surface area contributed by atoms with Gasteiger partial charge in [0.15, 0.2) is 5.96 Å². The SMILES string of the molecule is NC(=NCc1cccc2ccccc12)N1CCOCC1. The molecule has 1 saturated heterocycles. The van der Waals surface area contributed by atoms with E-state index < -0.39 is 0 Å². The predicted octanol–water partition coefficient (Wildman–Crippen LogP) is 1.99. The van der Waals surface area contributed by atoms with Crippen molar-refractivity contribution in [2.24, 2.45) is 10.7 Å². The third-order valence-corrected chi connectivity index (χ3v) is 3.63. The average Bonchev–Trinajstić information content (AvgIpc) is 2.53. The highest BCUT2D eigenvalue weighted by atomic mass is 16.5. The number of hydrogen-bond acceptors (Lipinski definition) is 2. The molecule has 0 unspecified atom stereocenters. The van der Waals surface area contributed by atoms with Gasteiger partial charge in [-0.2, -0.15) is 0 Å². The fraction of sp³-hybridized carbons (Fsp3) is 0.312. The number of fused-ring (bicyclic) bond motifs is 1. The Labute approximate surface area is 118 Å². The van der Waals surface area contributed by atoms with Crippen LogP contribution in [0.4, 0.5) is 0 Å². The monoisotopic (exact) mass is 269 g/mol. The Morgan fingerprint density at radius 1 is 1.10 bits per heavy atom. The number of rotatable bonds is 2. The summed E-state index contributed by atoms with van der Waals surface area (Å²) >= 11 is 0. The van der Waals surface area contributed by atoms with E-state index in [4.69, 9.17) is 10.5 Å². The molecule has 104 valence electrons. The second-order valence-electron chi connectivity index (χ2n) is 4.91. The van der Waals surface area contributed by atoms with Crippen LogP contribution >= 0.6 is 0 Å². The maximum Gasteiger partial charge on any atom is 0.191 e. The second-order valence-corrected chi connectivity index (χ2v) is 4.91. The van der Waals surface area contributed by atoms with Crippen molar-refractivity contribution in [1.82, 2.24) is 4.90 Å². The van der Waals surface area contributed by atoms with E-state index in [0.717, 1.165) is 26.3 Å².